The molecule has 1 aliphatic heterocycles. The minimum absolute atomic E-state index is 0.0365. The monoisotopic (exact) mass is 425 g/mol. The van der Waals surface area contributed by atoms with Crippen molar-refractivity contribution in [2.45, 2.75) is 88.9 Å². The third kappa shape index (κ3) is 5.13. The standard InChI is InChI=1S/C23H35N7O/c1-14(2)15-9-25-20(26-10-15)29-18-13-24-17(19(18)31)8-22(3,4)16-11-27-21(28-12-16)30-23(5)6-7-23/h9-12,14,17-19,24,31H,6-8,13H2,1-5H3,(H,25,26,29)(H,27,28,30). The second kappa shape index (κ2) is 8.31. The zero-order valence-corrected chi connectivity index (χ0v) is 19.2. The number of aliphatic hydroxyl groups is 1. The second-order valence-electron chi connectivity index (χ2n) is 10.3. The first-order chi connectivity index (χ1) is 14.7. The normalized spacial score (nSPS) is 24.9. The average molecular weight is 426 g/mol. The number of aliphatic hydroxyl groups excluding tert-OH is 1. The van der Waals surface area contributed by atoms with Gasteiger partial charge in [0.1, 0.15) is 0 Å². The molecule has 1 saturated heterocycles. The van der Waals surface area contributed by atoms with Crippen LogP contribution in [0.5, 0.6) is 0 Å². The lowest BCUT2D eigenvalue weighted by Gasteiger charge is -2.30. The third-order valence-electron chi connectivity index (χ3n) is 6.65. The van der Waals surface area contributed by atoms with E-state index >= 15 is 0 Å². The molecular formula is C23H35N7O. The Morgan fingerprint density at radius 2 is 1.71 bits per heavy atom. The summed E-state index contributed by atoms with van der Waals surface area (Å²) in [5, 5.41) is 21.1. The number of anilines is 2. The highest BCUT2D eigenvalue weighted by Crippen LogP contribution is 2.37. The van der Waals surface area contributed by atoms with Crippen molar-refractivity contribution in [3.05, 3.63) is 35.9 Å². The van der Waals surface area contributed by atoms with Crippen LogP contribution in [0.25, 0.3) is 0 Å². The average Bonchev–Trinajstić information content (AvgIpc) is 3.37. The van der Waals surface area contributed by atoms with E-state index < -0.39 is 6.10 Å². The maximum atomic E-state index is 10.9. The quantitative estimate of drug-likeness (QED) is 0.511. The Morgan fingerprint density at radius 3 is 2.29 bits per heavy atom. The van der Waals surface area contributed by atoms with Gasteiger partial charge in [-0.1, -0.05) is 27.7 Å². The lowest BCUT2D eigenvalue weighted by atomic mass is 9.79. The molecule has 0 amide bonds. The van der Waals surface area contributed by atoms with Crippen LogP contribution in [0.1, 0.15) is 70.9 Å². The first kappa shape index (κ1) is 21.9. The predicted molar refractivity (Wildman–Crippen MR) is 122 cm³/mol. The molecule has 3 atom stereocenters. The lowest BCUT2D eigenvalue weighted by molar-refractivity contribution is 0.136. The van der Waals surface area contributed by atoms with E-state index in [2.05, 4.69) is 70.5 Å². The maximum Gasteiger partial charge on any atom is 0.223 e. The van der Waals surface area contributed by atoms with Crippen LogP contribution < -0.4 is 16.0 Å². The Kier molecular flexibility index (Phi) is 5.87. The van der Waals surface area contributed by atoms with E-state index in [4.69, 9.17) is 0 Å². The zero-order valence-electron chi connectivity index (χ0n) is 19.2. The van der Waals surface area contributed by atoms with Gasteiger partial charge in [-0.05, 0) is 48.6 Å². The van der Waals surface area contributed by atoms with E-state index in [1.165, 1.54) is 0 Å². The summed E-state index contributed by atoms with van der Waals surface area (Å²) in [6, 6.07) is -0.168. The molecule has 4 N–H and O–H groups in total. The van der Waals surface area contributed by atoms with Gasteiger partial charge in [-0.3, -0.25) is 0 Å². The van der Waals surface area contributed by atoms with Crippen molar-refractivity contribution in [3.8, 4) is 0 Å². The van der Waals surface area contributed by atoms with Gasteiger partial charge in [0.05, 0.1) is 12.1 Å². The minimum Gasteiger partial charge on any atom is -0.389 e. The van der Waals surface area contributed by atoms with Crippen molar-refractivity contribution >= 4 is 11.9 Å². The van der Waals surface area contributed by atoms with Crippen LogP contribution in [-0.2, 0) is 5.41 Å². The fourth-order valence-corrected chi connectivity index (χ4v) is 4.00. The molecule has 1 saturated carbocycles. The number of nitrogens with one attached hydrogen (secondary N) is 3. The maximum absolute atomic E-state index is 10.9. The van der Waals surface area contributed by atoms with E-state index in [0.29, 0.717) is 24.4 Å². The van der Waals surface area contributed by atoms with Crippen molar-refractivity contribution in [2.75, 3.05) is 17.2 Å². The van der Waals surface area contributed by atoms with Crippen molar-refractivity contribution in [3.63, 3.8) is 0 Å². The molecule has 2 aliphatic rings. The minimum atomic E-state index is -0.538. The Hall–Kier alpha value is -2.32. The molecule has 0 bridgehead atoms. The van der Waals surface area contributed by atoms with Crippen LogP contribution in [0.4, 0.5) is 11.9 Å². The molecule has 3 unspecified atom stereocenters. The molecule has 8 nitrogen and oxygen atoms in total. The Bertz CT molecular complexity index is 878. The van der Waals surface area contributed by atoms with Crippen LogP contribution in [0.3, 0.4) is 0 Å². The summed E-state index contributed by atoms with van der Waals surface area (Å²) < 4.78 is 0. The zero-order chi connectivity index (χ0) is 22.2. The van der Waals surface area contributed by atoms with Gasteiger partial charge in [0.2, 0.25) is 11.9 Å². The van der Waals surface area contributed by atoms with Crippen LogP contribution in [-0.4, -0.2) is 55.3 Å². The summed E-state index contributed by atoms with van der Waals surface area (Å²) in [4.78, 5) is 17.8. The molecular weight excluding hydrogens is 390 g/mol. The van der Waals surface area contributed by atoms with Gasteiger partial charge in [0.25, 0.3) is 0 Å². The number of aromatic nitrogens is 4. The fraction of sp³-hybridized carbons (Fsp3) is 0.652. The summed E-state index contributed by atoms with van der Waals surface area (Å²) in [6.45, 7) is 11.4. The van der Waals surface area contributed by atoms with Gasteiger partial charge in [-0.2, -0.15) is 0 Å². The van der Waals surface area contributed by atoms with Gasteiger partial charge in [0, 0.05) is 42.9 Å². The first-order valence-corrected chi connectivity index (χ1v) is 11.3. The largest absolute Gasteiger partial charge is 0.389 e. The smallest absolute Gasteiger partial charge is 0.223 e. The van der Waals surface area contributed by atoms with Gasteiger partial charge in [-0.25, -0.2) is 19.9 Å². The molecule has 0 radical (unpaired) electrons. The van der Waals surface area contributed by atoms with Crippen LogP contribution in [0.15, 0.2) is 24.8 Å². The van der Waals surface area contributed by atoms with E-state index in [-0.39, 0.29) is 23.0 Å². The summed E-state index contributed by atoms with van der Waals surface area (Å²) in [5.74, 6) is 1.63. The number of hydrogen-bond acceptors (Lipinski definition) is 8. The summed E-state index contributed by atoms with van der Waals surface area (Å²) in [6.07, 6.45) is 10.1. The molecule has 2 aromatic rings. The van der Waals surface area contributed by atoms with Gasteiger partial charge in [0.15, 0.2) is 0 Å². The second-order valence-corrected chi connectivity index (χ2v) is 10.3. The predicted octanol–water partition coefficient (Wildman–Crippen LogP) is 2.84. The van der Waals surface area contributed by atoms with Gasteiger partial charge in [-0.15, -0.1) is 0 Å². The van der Waals surface area contributed by atoms with E-state index in [0.717, 1.165) is 30.4 Å². The van der Waals surface area contributed by atoms with Gasteiger partial charge < -0.3 is 21.1 Å². The van der Waals surface area contributed by atoms with E-state index in [1.807, 2.05) is 24.8 Å². The van der Waals surface area contributed by atoms with Crippen molar-refractivity contribution in [1.29, 1.82) is 0 Å². The molecule has 3 heterocycles. The summed E-state index contributed by atoms with van der Waals surface area (Å²) in [7, 11) is 0. The van der Waals surface area contributed by atoms with E-state index in [9.17, 15) is 5.11 Å². The van der Waals surface area contributed by atoms with Crippen molar-refractivity contribution in [1.82, 2.24) is 25.3 Å². The molecule has 31 heavy (non-hydrogen) atoms. The topological polar surface area (TPSA) is 108 Å². The SMILES string of the molecule is CC(C)c1cnc(NC2CNC(CC(C)(C)c3cnc(NC4(C)CC4)nc3)C2O)nc1. The molecule has 2 aromatic heterocycles. The Morgan fingerprint density at radius 1 is 1.10 bits per heavy atom. The molecule has 168 valence electrons. The molecule has 1 aliphatic carbocycles. The summed E-state index contributed by atoms with van der Waals surface area (Å²) in [5.41, 5.74) is 2.16. The van der Waals surface area contributed by atoms with Gasteiger partial charge >= 0.3 is 0 Å². The molecule has 8 heteroatoms. The summed E-state index contributed by atoms with van der Waals surface area (Å²) >= 11 is 0. The van der Waals surface area contributed by atoms with E-state index in [1.54, 1.807) is 0 Å². The third-order valence-corrected chi connectivity index (χ3v) is 6.65. The Labute approximate surface area is 184 Å². The fourth-order valence-electron chi connectivity index (χ4n) is 4.00. The molecule has 0 spiro atoms. The first-order valence-electron chi connectivity index (χ1n) is 11.3. The highest BCUT2D eigenvalue weighted by Gasteiger charge is 2.39. The lowest BCUT2D eigenvalue weighted by Crippen LogP contribution is -2.40. The molecule has 0 aromatic carbocycles. The Balaban J connectivity index is 1.35. The van der Waals surface area contributed by atoms with Crippen molar-refractivity contribution in [2.24, 2.45) is 0 Å². The van der Waals surface area contributed by atoms with Crippen LogP contribution >= 0.6 is 0 Å². The highest BCUT2D eigenvalue weighted by molar-refractivity contribution is 5.34. The van der Waals surface area contributed by atoms with Crippen molar-refractivity contribution < 1.29 is 5.11 Å². The van der Waals surface area contributed by atoms with Crippen LogP contribution in [0, 0.1) is 0 Å². The highest BCUT2D eigenvalue weighted by atomic mass is 16.3. The number of rotatable bonds is 8. The van der Waals surface area contributed by atoms with Crippen LogP contribution in [0.2, 0.25) is 0 Å². The number of nitrogens with zero attached hydrogens (tertiary/aromatic N) is 4. The number of hydrogen-bond donors (Lipinski definition) is 4. The molecule has 2 fully saturated rings. The molecule has 4 rings (SSSR count).